The van der Waals surface area contributed by atoms with Crippen LogP contribution in [0.3, 0.4) is 0 Å². The lowest BCUT2D eigenvalue weighted by molar-refractivity contribution is 0.445. The van der Waals surface area contributed by atoms with Gasteiger partial charge in [-0.05, 0) is 49.9 Å². The number of allylic oxidation sites excluding steroid dienone is 3. The highest BCUT2D eigenvalue weighted by molar-refractivity contribution is 7.45. The van der Waals surface area contributed by atoms with E-state index in [4.69, 9.17) is 0 Å². The predicted octanol–water partition coefficient (Wildman–Crippen LogP) is 3.88. The molecule has 0 aliphatic heterocycles. The second kappa shape index (κ2) is 9.46. The second-order valence-corrected chi connectivity index (χ2v) is 5.88. The molecule has 0 aliphatic rings. The maximum absolute atomic E-state index is 3.21. The van der Waals surface area contributed by atoms with Crippen molar-refractivity contribution in [1.29, 1.82) is 0 Å². The van der Waals surface area contributed by atoms with Crippen molar-refractivity contribution in [2.45, 2.75) is 39.8 Å². The fraction of sp³-hybridized carbons (Fsp3) is 0.600. The van der Waals surface area contributed by atoms with Gasteiger partial charge in [-0.15, -0.1) is 5.92 Å². The minimum absolute atomic E-state index is 0.630. The van der Waals surface area contributed by atoms with Gasteiger partial charge in [0.2, 0.25) is 0 Å². The zero-order valence-electron chi connectivity index (χ0n) is 12.1. The number of rotatable bonds is 6. The second-order valence-electron chi connectivity index (χ2n) is 4.64. The van der Waals surface area contributed by atoms with Gasteiger partial charge in [0.25, 0.3) is 0 Å². The highest BCUT2D eigenvalue weighted by Crippen LogP contribution is 2.27. The third-order valence-corrected chi connectivity index (χ3v) is 4.13. The van der Waals surface area contributed by atoms with Crippen LogP contribution >= 0.6 is 8.58 Å². The van der Waals surface area contributed by atoms with Crippen molar-refractivity contribution in [2.75, 3.05) is 20.6 Å². The van der Waals surface area contributed by atoms with Crippen molar-refractivity contribution >= 4 is 8.58 Å². The van der Waals surface area contributed by atoms with E-state index in [1.54, 1.807) is 0 Å². The molecule has 2 unspecified atom stereocenters. The van der Waals surface area contributed by atoms with Crippen molar-refractivity contribution in [3.05, 3.63) is 23.3 Å². The average molecular weight is 251 g/mol. The van der Waals surface area contributed by atoms with E-state index in [2.05, 4.69) is 63.5 Å². The molecule has 17 heavy (non-hydrogen) atoms. The van der Waals surface area contributed by atoms with Crippen molar-refractivity contribution in [3.63, 3.8) is 0 Å². The van der Waals surface area contributed by atoms with Gasteiger partial charge in [0.1, 0.15) is 0 Å². The SMILES string of the molecule is CC#CPC(CC)/C(C)=C/C=C(\C)CN(C)C. The molecule has 96 valence electrons. The van der Waals surface area contributed by atoms with Crippen LogP contribution in [-0.2, 0) is 0 Å². The van der Waals surface area contributed by atoms with Crippen LogP contribution in [0.4, 0.5) is 0 Å². The number of likely N-dealkylation sites (N-methyl/N-ethyl adjacent to an activating group) is 1. The molecule has 2 atom stereocenters. The minimum Gasteiger partial charge on any atom is -0.305 e. The maximum atomic E-state index is 3.21. The van der Waals surface area contributed by atoms with E-state index in [1.807, 2.05) is 6.92 Å². The Morgan fingerprint density at radius 3 is 2.41 bits per heavy atom. The van der Waals surface area contributed by atoms with Gasteiger partial charge in [0.05, 0.1) is 0 Å². The van der Waals surface area contributed by atoms with Crippen molar-refractivity contribution < 1.29 is 0 Å². The molecule has 0 saturated carbocycles. The zero-order chi connectivity index (χ0) is 13.3. The summed E-state index contributed by atoms with van der Waals surface area (Å²) in [6, 6.07) is 0. The van der Waals surface area contributed by atoms with Gasteiger partial charge in [-0.2, -0.15) is 0 Å². The Kier molecular flexibility index (Phi) is 9.14. The van der Waals surface area contributed by atoms with Crippen LogP contribution in [-0.4, -0.2) is 31.2 Å². The minimum atomic E-state index is 0.630. The molecule has 2 heteroatoms. The summed E-state index contributed by atoms with van der Waals surface area (Å²) in [7, 11) is 4.93. The van der Waals surface area contributed by atoms with E-state index in [1.165, 1.54) is 17.6 Å². The molecule has 0 bridgehead atoms. The highest BCUT2D eigenvalue weighted by Gasteiger charge is 2.05. The number of nitrogens with zero attached hydrogens (tertiary/aromatic N) is 1. The van der Waals surface area contributed by atoms with Gasteiger partial charge in [-0.3, -0.25) is 0 Å². The van der Waals surface area contributed by atoms with Gasteiger partial charge in [0, 0.05) is 12.2 Å². The van der Waals surface area contributed by atoms with E-state index in [0.29, 0.717) is 5.66 Å². The van der Waals surface area contributed by atoms with Crippen LogP contribution in [0.15, 0.2) is 23.3 Å². The third-order valence-electron chi connectivity index (χ3n) is 2.53. The zero-order valence-corrected chi connectivity index (χ0v) is 13.1. The lowest BCUT2D eigenvalue weighted by atomic mass is 10.1. The topological polar surface area (TPSA) is 3.24 Å². The first kappa shape index (κ1) is 16.4. The number of hydrogen-bond donors (Lipinski definition) is 0. The molecule has 1 nitrogen and oxygen atoms in total. The Hall–Kier alpha value is -0.570. The fourth-order valence-electron chi connectivity index (χ4n) is 1.64. The van der Waals surface area contributed by atoms with Crippen molar-refractivity contribution in [1.82, 2.24) is 4.90 Å². The van der Waals surface area contributed by atoms with Crippen molar-refractivity contribution in [2.24, 2.45) is 0 Å². The van der Waals surface area contributed by atoms with E-state index in [9.17, 15) is 0 Å². The summed E-state index contributed by atoms with van der Waals surface area (Å²) in [4.78, 5) is 2.19. The molecule has 0 aromatic rings. The Balaban J connectivity index is 4.52. The van der Waals surface area contributed by atoms with Gasteiger partial charge in [-0.1, -0.05) is 35.9 Å². The first-order valence-electron chi connectivity index (χ1n) is 6.17. The molecule has 0 amide bonds. The van der Waals surface area contributed by atoms with E-state index in [0.717, 1.165) is 15.1 Å². The Bertz CT molecular complexity index is 329. The van der Waals surface area contributed by atoms with Gasteiger partial charge < -0.3 is 4.90 Å². The van der Waals surface area contributed by atoms with E-state index < -0.39 is 0 Å². The summed E-state index contributed by atoms with van der Waals surface area (Å²) in [5.74, 6) is 2.99. The molecule has 0 radical (unpaired) electrons. The summed E-state index contributed by atoms with van der Waals surface area (Å²) in [6.45, 7) is 9.58. The van der Waals surface area contributed by atoms with Crippen LogP contribution in [0, 0.1) is 11.6 Å². The lowest BCUT2D eigenvalue weighted by Gasteiger charge is -2.12. The summed E-state index contributed by atoms with van der Waals surface area (Å²) < 4.78 is 0. The standard InChI is InChI=1S/C15H26NP/c1-7-11-17-15(8-2)14(4)10-9-13(3)12-16(5)6/h9-10,15,17H,8,12H2,1-6H3/b13-9+,14-10+. The highest BCUT2D eigenvalue weighted by atomic mass is 31.1. The van der Waals surface area contributed by atoms with Crippen LogP contribution in [0.25, 0.3) is 0 Å². The van der Waals surface area contributed by atoms with E-state index >= 15 is 0 Å². The smallest absolute Gasteiger partial charge is 0.0187 e. The van der Waals surface area contributed by atoms with Gasteiger partial charge in [-0.25, -0.2) is 0 Å². The first-order valence-corrected chi connectivity index (χ1v) is 7.24. The summed E-state index contributed by atoms with van der Waals surface area (Å²) in [5, 5.41) is 0. The predicted molar refractivity (Wildman–Crippen MR) is 81.9 cm³/mol. The molecule has 0 spiro atoms. The van der Waals surface area contributed by atoms with Crippen molar-refractivity contribution in [3.8, 4) is 11.6 Å². The number of hydrogen-bond acceptors (Lipinski definition) is 1. The monoisotopic (exact) mass is 251 g/mol. The Morgan fingerprint density at radius 1 is 1.29 bits per heavy atom. The molecular weight excluding hydrogens is 225 g/mol. The lowest BCUT2D eigenvalue weighted by Crippen LogP contribution is -2.13. The molecule has 0 aromatic carbocycles. The molecule has 0 aromatic heterocycles. The molecule has 0 fully saturated rings. The molecule has 0 saturated heterocycles. The Labute approximate surface area is 109 Å². The van der Waals surface area contributed by atoms with Crippen LogP contribution in [0.2, 0.25) is 0 Å². The third kappa shape index (κ3) is 8.19. The largest absolute Gasteiger partial charge is 0.305 e. The average Bonchev–Trinajstić information content (AvgIpc) is 2.26. The van der Waals surface area contributed by atoms with E-state index in [-0.39, 0.29) is 0 Å². The van der Waals surface area contributed by atoms with Crippen LogP contribution in [0.5, 0.6) is 0 Å². The Morgan fingerprint density at radius 2 is 1.94 bits per heavy atom. The molecule has 0 heterocycles. The normalized spacial score (nSPS) is 15.2. The molecule has 0 N–H and O–H groups in total. The fourth-order valence-corrected chi connectivity index (χ4v) is 2.49. The summed E-state index contributed by atoms with van der Waals surface area (Å²) in [5.41, 5.74) is 6.69. The molecule has 0 rings (SSSR count). The molecular formula is C15H26NP. The van der Waals surface area contributed by atoms with Gasteiger partial charge in [0.15, 0.2) is 0 Å². The quantitative estimate of drug-likeness (QED) is 0.393. The van der Waals surface area contributed by atoms with Crippen LogP contribution < -0.4 is 0 Å². The first-order chi connectivity index (χ1) is 8.01. The molecule has 0 aliphatic carbocycles. The summed E-state index contributed by atoms with van der Waals surface area (Å²) >= 11 is 0. The summed E-state index contributed by atoms with van der Waals surface area (Å²) in [6.07, 6.45) is 5.68. The van der Waals surface area contributed by atoms with Crippen LogP contribution in [0.1, 0.15) is 34.1 Å². The van der Waals surface area contributed by atoms with Gasteiger partial charge >= 0.3 is 0 Å². The maximum Gasteiger partial charge on any atom is 0.0187 e.